The predicted octanol–water partition coefficient (Wildman–Crippen LogP) is 4.14. The van der Waals surface area contributed by atoms with Gasteiger partial charge < -0.3 is 4.74 Å². The molecule has 1 amide bonds. The van der Waals surface area contributed by atoms with Crippen molar-refractivity contribution >= 4 is 29.2 Å². The first-order chi connectivity index (χ1) is 8.04. The highest BCUT2D eigenvalue weighted by Gasteiger charge is 2.08. The molecular formula is C13H18ClNO3. The molecule has 18 heavy (non-hydrogen) atoms. The number of benzene rings is 1. The van der Waals surface area contributed by atoms with Gasteiger partial charge in [-0.05, 0) is 31.5 Å². The largest absolute Gasteiger partial charge is 0.449 e. The molecule has 1 aromatic rings. The van der Waals surface area contributed by atoms with Crippen LogP contribution < -0.4 is 5.32 Å². The number of rotatable bonds is 4. The summed E-state index contributed by atoms with van der Waals surface area (Å²) in [7, 11) is 0. The summed E-state index contributed by atoms with van der Waals surface area (Å²) in [5.74, 6) is -0.116. The number of amides is 1. The lowest BCUT2D eigenvalue weighted by atomic mass is 10.1. The maximum absolute atomic E-state index is 11.3. The fraction of sp³-hybridized carbons (Fsp3) is 0.385. The maximum Gasteiger partial charge on any atom is 0.411 e. The van der Waals surface area contributed by atoms with E-state index in [9.17, 15) is 9.59 Å². The number of nitrogens with one attached hydrogen (secondary N) is 1. The molecule has 0 aromatic heterocycles. The summed E-state index contributed by atoms with van der Waals surface area (Å²) in [6, 6.07) is 4.70. The van der Waals surface area contributed by atoms with Gasteiger partial charge in [0, 0.05) is 11.3 Å². The van der Waals surface area contributed by atoms with Gasteiger partial charge in [-0.25, -0.2) is 4.79 Å². The van der Waals surface area contributed by atoms with Crippen molar-refractivity contribution < 1.29 is 14.3 Å². The summed E-state index contributed by atoms with van der Waals surface area (Å²) >= 11 is 5.90. The molecule has 0 bridgehead atoms. The minimum atomic E-state index is -0.529. The Morgan fingerprint density at radius 3 is 2.56 bits per heavy atom. The first-order valence-electron chi connectivity index (χ1n) is 5.29. The summed E-state index contributed by atoms with van der Waals surface area (Å²) in [6.45, 7) is 3.71. The standard InChI is InChI=1S/C12H14ClNO3.CH4/c1-3-6-17-12(16)14-9-4-5-10(8(2)15)11(13)7-9;/h4-5,7H,3,6H2,1-2H3,(H,14,16);1H4. The van der Waals surface area contributed by atoms with Crippen LogP contribution in [0.1, 0.15) is 38.1 Å². The number of hydrogen-bond acceptors (Lipinski definition) is 3. The third-order valence-corrected chi connectivity index (χ3v) is 2.34. The molecule has 1 aromatic carbocycles. The Labute approximate surface area is 112 Å². The van der Waals surface area contributed by atoms with Gasteiger partial charge in [0.15, 0.2) is 5.78 Å². The fourth-order valence-electron chi connectivity index (χ4n) is 1.23. The van der Waals surface area contributed by atoms with E-state index in [0.29, 0.717) is 22.9 Å². The Kier molecular flexibility index (Phi) is 7.05. The molecule has 5 heteroatoms. The first kappa shape index (κ1) is 16.4. The smallest absolute Gasteiger partial charge is 0.411 e. The van der Waals surface area contributed by atoms with E-state index in [2.05, 4.69) is 5.32 Å². The molecule has 0 spiro atoms. The Morgan fingerprint density at radius 1 is 1.39 bits per heavy atom. The van der Waals surface area contributed by atoms with E-state index in [1.807, 2.05) is 6.92 Å². The van der Waals surface area contributed by atoms with Crippen LogP contribution in [0.4, 0.5) is 10.5 Å². The van der Waals surface area contributed by atoms with Gasteiger partial charge in [0.2, 0.25) is 0 Å². The van der Waals surface area contributed by atoms with E-state index in [1.54, 1.807) is 12.1 Å². The number of ether oxygens (including phenoxy) is 1. The lowest BCUT2D eigenvalue weighted by Gasteiger charge is -2.07. The van der Waals surface area contributed by atoms with Crippen LogP contribution in [0.3, 0.4) is 0 Å². The Balaban J connectivity index is 0.00000289. The van der Waals surface area contributed by atoms with Gasteiger partial charge in [0.1, 0.15) is 0 Å². The van der Waals surface area contributed by atoms with Gasteiger partial charge in [0.05, 0.1) is 11.6 Å². The van der Waals surface area contributed by atoms with Crippen LogP contribution >= 0.6 is 11.6 Å². The predicted molar refractivity (Wildman–Crippen MR) is 73.4 cm³/mol. The molecule has 0 heterocycles. The average Bonchev–Trinajstić information content (AvgIpc) is 2.26. The van der Waals surface area contributed by atoms with Crippen molar-refractivity contribution in [1.29, 1.82) is 0 Å². The Hall–Kier alpha value is -1.55. The van der Waals surface area contributed by atoms with Gasteiger partial charge in [-0.3, -0.25) is 10.1 Å². The number of hydrogen-bond donors (Lipinski definition) is 1. The van der Waals surface area contributed by atoms with E-state index in [1.165, 1.54) is 13.0 Å². The lowest BCUT2D eigenvalue weighted by molar-refractivity contribution is 0.101. The molecule has 0 aliphatic rings. The molecule has 0 aliphatic carbocycles. The summed E-state index contributed by atoms with van der Waals surface area (Å²) in [5.41, 5.74) is 0.931. The van der Waals surface area contributed by atoms with Crippen molar-refractivity contribution in [1.82, 2.24) is 0 Å². The van der Waals surface area contributed by atoms with Crippen LogP contribution in [-0.4, -0.2) is 18.5 Å². The van der Waals surface area contributed by atoms with Gasteiger partial charge in [-0.2, -0.15) is 0 Å². The van der Waals surface area contributed by atoms with Crippen LogP contribution in [0.5, 0.6) is 0 Å². The summed E-state index contributed by atoms with van der Waals surface area (Å²) in [6.07, 6.45) is 0.232. The molecule has 4 nitrogen and oxygen atoms in total. The molecule has 0 atom stereocenters. The van der Waals surface area contributed by atoms with Crippen LogP contribution in [0.2, 0.25) is 5.02 Å². The summed E-state index contributed by atoms with van der Waals surface area (Å²) in [5, 5.41) is 2.84. The molecule has 0 saturated heterocycles. The molecular weight excluding hydrogens is 254 g/mol. The van der Waals surface area contributed by atoms with Crippen molar-refractivity contribution in [3.63, 3.8) is 0 Å². The number of carbonyl (C=O) groups is 2. The highest BCUT2D eigenvalue weighted by Crippen LogP contribution is 2.21. The third kappa shape index (κ3) is 4.75. The Bertz CT molecular complexity index is 432. The normalized spacial score (nSPS) is 9.28. The van der Waals surface area contributed by atoms with Crippen LogP contribution in [-0.2, 0) is 4.74 Å². The molecule has 0 unspecified atom stereocenters. The zero-order valence-corrected chi connectivity index (χ0v) is 10.5. The second-order valence-electron chi connectivity index (χ2n) is 3.51. The van der Waals surface area contributed by atoms with E-state index >= 15 is 0 Å². The lowest BCUT2D eigenvalue weighted by Crippen LogP contribution is -2.14. The Morgan fingerprint density at radius 2 is 2.06 bits per heavy atom. The highest BCUT2D eigenvalue weighted by atomic mass is 35.5. The molecule has 0 fully saturated rings. The topological polar surface area (TPSA) is 55.4 Å². The van der Waals surface area contributed by atoms with Crippen LogP contribution in [0, 0.1) is 0 Å². The van der Waals surface area contributed by atoms with Gasteiger partial charge >= 0.3 is 6.09 Å². The average molecular weight is 272 g/mol. The van der Waals surface area contributed by atoms with Crippen molar-refractivity contribution in [3.8, 4) is 0 Å². The quantitative estimate of drug-likeness (QED) is 0.838. The number of carbonyl (C=O) groups excluding carboxylic acids is 2. The first-order valence-corrected chi connectivity index (χ1v) is 5.66. The minimum absolute atomic E-state index is 0. The number of ketones is 1. The summed E-state index contributed by atoms with van der Waals surface area (Å²) < 4.78 is 4.85. The maximum atomic E-state index is 11.3. The number of Topliss-reactive ketones (excluding diaryl/α,β-unsaturated/α-hetero) is 1. The zero-order chi connectivity index (χ0) is 12.8. The second-order valence-corrected chi connectivity index (χ2v) is 3.92. The SMILES string of the molecule is C.CCCOC(=O)Nc1ccc(C(C)=O)c(Cl)c1. The molecule has 0 saturated carbocycles. The van der Waals surface area contributed by atoms with E-state index in [4.69, 9.17) is 16.3 Å². The molecule has 1 N–H and O–H groups in total. The minimum Gasteiger partial charge on any atom is -0.449 e. The third-order valence-electron chi connectivity index (χ3n) is 2.03. The van der Waals surface area contributed by atoms with Crippen molar-refractivity contribution in [2.24, 2.45) is 0 Å². The summed E-state index contributed by atoms with van der Waals surface area (Å²) in [4.78, 5) is 22.4. The van der Waals surface area contributed by atoms with E-state index in [-0.39, 0.29) is 13.2 Å². The molecule has 0 radical (unpaired) electrons. The number of halogens is 1. The van der Waals surface area contributed by atoms with Crippen LogP contribution in [0.25, 0.3) is 0 Å². The monoisotopic (exact) mass is 271 g/mol. The molecule has 1 rings (SSSR count). The van der Waals surface area contributed by atoms with E-state index in [0.717, 1.165) is 6.42 Å². The van der Waals surface area contributed by atoms with Gasteiger partial charge in [-0.1, -0.05) is 26.0 Å². The second kappa shape index (κ2) is 7.71. The van der Waals surface area contributed by atoms with Crippen molar-refractivity contribution in [2.45, 2.75) is 27.7 Å². The van der Waals surface area contributed by atoms with E-state index < -0.39 is 6.09 Å². The van der Waals surface area contributed by atoms with Gasteiger partial charge in [0.25, 0.3) is 0 Å². The van der Waals surface area contributed by atoms with Gasteiger partial charge in [-0.15, -0.1) is 0 Å². The number of anilines is 1. The molecule has 0 aliphatic heterocycles. The van der Waals surface area contributed by atoms with Crippen molar-refractivity contribution in [2.75, 3.05) is 11.9 Å². The molecule has 100 valence electrons. The highest BCUT2D eigenvalue weighted by molar-refractivity contribution is 6.34. The van der Waals surface area contributed by atoms with Crippen LogP contribution in [0.15, 0.2) is 18.2 Å². The van der Waals surface area contributed by atoms with Crippen molar-refractivity contribution in [3.05, 3.63) is 28.8 Å². The fourth-order valence-corrected chi connectivity index (χ4v) is 1.54. The zero-order valence-electron chi connectivity index (χ0n) is 9.75.